The minimum absolute atomic E-state index is 0.0646. The average molecular weight is 411 g/mol. The van der Waals surface area contributed by atoms with Crippen LogP contribution < -0.4 is 33.6 Å². The zero-order chi connectivity index (χ0) is 21.5. The first-order valence-electron chi connectivity index (χ1n) is 9.75. The van der Waals surface area contributed by atoms with Gasteiger partial charge in [0.25, 0.3) is 5.91 Å². The number of carbonyl (C=O) groups is 2. The van der Waals surface area contributed by atoms with Gasteiger partial charge < -0.3 is 33.6 Å². The summed E-state index contributed by atoms with van der Waals surface area (Å²) in [6.07, 6.45) is 6.53. The third kappa shape index (κ3) is 3.73. The highest BCUT2D eigenvalue weighted by atomic mass is 16.2. The molecule has 10 N–H and O–H groups in total. The monoisotopic (exact) mass is 411 g/mol. The molecule has 2 aliphatic carbocycles. The molecule has 2 saturated carbocycles. The van der Waals surface area contributed by atoms with Crippen LogP contribution in [0.4, 0.5) is 5.69 Å². The molecule has 0 atom stereocenters. The van der Waals surface area contributed by atoms with Crippen molar-refractivity contribution in [2.75, 3.05) is 5.32 Å². The number of guanidine groups is 1. The second-order valence-electron chi connectivity index (χ2n) is 7.76. The van der Waals surface area contributed by atoms with Gasteiger partial charge in [-0.15, -0.1) is 0 Å². The summed E-state index contributed by atoms with van der Waals surface area (Å²) in [5, 5.41) is 11.3. The molecule has 2 aromatic rings. The molecule has 2 fully saturated rings. The van der Waals surface area contributed by atoms with E-state index in [0.717, 1.165) is 23.7 Å². The third-order valence-corrected chi connectivity index (χ3v) is 5.54. The highest BCUT2D eigenvalue weighted by Gasteiger charge is 2.49. The Bertz CT molecular complexity index is 1080. The van der Waals surface area contributed by atoms with Gasteiger partial charge in [0, 0.05) is 17.3 Å². The van der Waals surface area contributed by atoms with E-state index in [0.29, 0.717) is 24.6 Å². The van der Waals surface area contributed by atoms with Crippen LogP contribution in [0.2, 0.25) is 0 Å². The van der Waals surface area contributed by atoms with Crippen LogP contribution in [-0.4, -0.2) is 33.1 Å². The maximum atomic E-state index is 11.6. The van der Waals surface area contributed by atoms with Crippen molar-refractivity contribution in [2.24, 2.45) is 27.9 Å². The molecule has 1 heterocycles. The van der Waals surface area contributed by atoms with Crippen LogP contribution in [0.3, 0.4) is 0 Å². The number of aromatic nitrogens is 2. The zero-order valence-electron chi connectivity index (χ0n) is 16.4. The molecule has 2 amide bonds. The molecule has 0 radical (unpaired) electrons. The number of hydrogen-bond acceptors (Lipinski definition) is 6. The molecular formula is C19H25N9O2. The largest absolute Gasteiger partial charge is 0.391 e. The summed E-state index contributed by atoms with van der Waals surface area (Å²) in [6, 6.07) is 6.00. The van der Waals surface area contributed by atoms with E-state index in [-0.39, 0.29) is 17.5 Å². The van der Waals surface area contributed by atoms with Crippen LogP contribution in [0.1, 0.15) is 38.1 Å². The fourth-order valence-corrected chi connectivity index (χ4v) is 3.31. The number of hydrogen-bond donors (Lipinski definition) is 6. The lowest BCUT2D eigenvalue weighted by Gasteiger charge is -2.25. The number of fused-ring (bicyclic) bond motifs is 1. The van der Waals surface area contributed by atoms with Crippen molar-refractivity contribution in [1.29, 1.82) is 0 Å². The molecule has 0 spiro atoms. The molecule has 0 unspecified atom stereocenters. The molecule has 0 saturated heterocycles. The minimum Gasteiger partial charge on any atom is -0.391 e. The lowest BCUT2D eigenvalue weighted by molar-refractivity contribution is -0.120. The lowest BCUT2D eigenvalue weighted by atomic mass is 9.93. The van der Waals surface area contributed by atoms with Gasteiger partial charge in [0.05, 0.1) is 11.6 Å². The van der Waals surface area contributed by atoms with Crippen molar-refractivity contribution in [1.82, 2.24) is 15.1 Å². The van der Waals surface area contributed by atoms with Crippen molar-refractivity contribution in [3.05, 3.63) is 35.9 Å². The highest BCUT2D eigenvalue weighted by Crippen LogP contribution is 2.39. The molecule has 1 aromatic carbocycles. The molecule has 1 aromatic heterocycles. The normalized spacial score (nSPS) is 19.0. The second-order valence-corrected chi connectivity index (χ2v) is 7.76. The van der Waals surface area contributed by atoms with Gasteiger partial charge in [-0.25, -0.2) is 4.99 Å². The molecule has 0 bridgehead atoms. The van der Waals surface area contributed by atoms with Crippen molar-refractivity contribution in [3.63, 3.8) is 0 Å². The van der Waals surface area contributed by atoms with E-state index in [1.54, 1.807) is 6.07 Å². The van der Waals surface area contributed by atoms with E-state index in [2.05, 4.69) is 20.7 Å². The first-order valence-corrected chi connectivity index (χ1v) is 9.75. The number of nitrogens with two attached hydrogens (primary N) is 4. The van der Waals surface area contributed by atoms with E-state index in [4.69, 9.17) is 22.9 Å². The maximum Gasteiger partial charge on any atom is 0.268 e. The van der Waals surface area contributed by atoms with Gasteiger partial charge in [0.1, 0.15) is 17.1 Å². The topological polar surface area (TPSA) is 192 Å². The number of rotatable bonds is 7. The van der Waals surface area contributed by atoms with Gasteiger partial charge >= 0.3 is 0 Å². The van der Waals surface area contributed by atoms with Crippen LogP contribution in [0, 0.1) is 0 Å². The zero-order valence-corrected chi connectivity index (χ0v) is 16.4. The second kappa shape index (κ2) is 7.25. The quantitative estimate of drug-likeness (QED) is 0.205. The number of nitrogens with zero attached hydrogens (tertiary/aromatic N) is 3. The Balaban J connectivity index is 1.57. The van der Waals surface area contributed by atoms with Gasteiger partial charge in [-0.3, -0.25) is 14.3 Å². The molecule has 158 valence electrons. The van der Waals surface area contributed by atoms with Crippen molar-refractivity contribution in [2.45, 2.75) is 43.7 Å². The lowest BCUT2D eigenvalue weighted by Crippen LogP contribution is -2.41. The van der Waals surface area contributed by atoms with Crippen LogP contribution in [-0.2, 0) is 9.59 Å². The highest BCUT2D eigenvalue weighted by molar-refractivity contribution is 5.95. The van der Waals surface area contributed by atoms with Gasteiger partial charge in [-0.2, -0.15) is 5.10 Å². The number of benzene rings is 1. The summed E-state index contributed by atoms with van der Waals surface area (Å²) < 4.78 is 1.99. The summed E-state index contributed by atoms with van der Waals surface area (Å²) in [5.41, 5.74) is 22.7. The summed E-state index contributed by atoms with van der Waals surface area (Å²) in [7, 11) is 0. The first kappa shape index (κ1) is 19.6. The van der Waals surface area contributed by atoms with Crippen molar-refractivity contribution < 1.29 is 9.59 Å². The molecular weight excluding hydrogens is 386 g/mol. The number of nitrogens with one attached hydrogen (secondary N) is 2. The van der Waals surface area contributed by atoms with E-state index < -0.39 is 17.4 Å². The number of carbonyl (C=O) groups excluding carboxylic acids is 2. The van der Waals surface area contributed by atoms with Crippen molar-refractivity contribution in [3.8, 4) is 0 Å². The fourth-order valence-electron chi connectivity index (χ4n) is 3.31. The number of primary amides is 2. The Kier molecular flexibility index (Phi) is 4.72. The predicted molar refractivity (Wildman–Crippen MR) is 113 cm³/mol. The fraction of sp³-hybridized carbons (Fsp3) is 0.368. The summed E-state index contributed by atoms with van der Waals surface area (Å²) in [4.78, 5) is 27.3. The Morgan fingerprint density at radius 1 is 1.17 bits per heavy atom. The molecule has 2 aliphatic rings. The summed E-state index contributed by atoms with van der Waals surface area (Å²) >= 11 is 0. The van der Waals surface area contributed by atoms with Gasteiger partial charge in [-0.1, -0.05) is 0 Å². The molecule has 30 heavy (non-hydrogen) atoms. The summed E-state index contributed by atoms with van der Waals surface area (Å²) in [6.45, 7) is 0. The average Bonchev–Trinajstić information content (AvgIpc) is 3.30. The molecule has 11 heteroatoms. The smallest absolute Gasteiger partial charge is 0.268 e. The Morgan fingerprint density at radius 3 is 2.47 bits per heavy atom. The summed E-state index contributed by atoms with van der Waals surface area (Å²) in [5.74, 6) is -1.43. The van der Waals surface area contributed by atoms with E-state index in [1.165, 1.54) is 6.42 Å². The van der Waals surface area contributed by atoms with E-state index in [1.807, 2.05) is 23.0 Å². The maximum absolute atomic E-state index is 11.6. The number of aliphatic imine (C=N–C) groups is 1. The number of amides is 2. The Hall–Kier alpha value is -3.76. The SMILES string of the molecule is NC(=O)/C(N)=C(/NC(N)=NC1(C(N)=O)CC1)Nc1ccc2nn(C3CCC3)cc2c1. The Labute approximate surface area is 172 Å². The van der Waals surface area contributed by atoms with E-state index in [9.17, 15) is 9.59 Å². The minimum atomic E-state index is -1.00. The van der Waals surface area contributed by atoms with Crippen LogP contribution in [0.5, 0.6) is 0 Å². The van der Waals surface area contributed by atoms with E-state index >= 15 is 0 Å². The van der Waals surface area contributed by atoms with Gasteiger partial charge in [0.15, 0.2) is 5.96 Å². The molecule has 11 nitrogen and oxygen atoms in total. The molecule has 0 aliphatic heterocycles. The standard InChI is InChI=1S/C19H25N9O2/c20-14(15(21)29)16(25-18(23)26-19(6-7-19)17(22)30)24-11-4-5-13-10(8-11)9-28(27-13)12-2-1-3-12/h4-5,8-9,12,24H,1-3,6-7,20H2,(H2,21,29)(H2,22,30)(H3,23,25,26)/b16-14-. The van der Waals surface area contributed by atoms with Crippen LogP contribution >= 0.6 is 0 Å². The molecule has 4 rings (SSSR count). The Morgan fingerprint density at radius 2 is 1.90 bits per heavy atom. The van der Waals surface area contributed by atoms with Gasteiger partial charge in [-0.05, 0) is 50.3 Å². The van der Waals surface area contributed by atoms with Crippen molar-refractivity contribution >= 4 is 34.4 Å². The third-order valence-electron chi connectivity index (χ3n) is 5.54. The van der Waals surface area contributed by atoms with Crippen LogP contribution in [0.15, 0.2) is 40.9 Å². The number of anilines is 1. The predicted octanol–water partition coefficient (Wildman–Crippen LogP) is -0.291. The van der Waals surface area contributed by atoms with Gasteiger partial charge in [0.2, 0.25) is 5.91 Å². The first-order chi connectivity index (χ1) is 14.3. The van der Waals surface area contributed by atoms with Crippen LogP contribution in [0.25, 0.3) is 10.9 Å².